The van der Waals surface area contributed by atoms with Crippen molar-refractivity contribution in [2.24, 2.45) is 0 Å². The molecule has 17 heavy (non-hydrogen) atoms. The van der Waals surface area contributed by atoms with E-state index in [0.717, 1.165) is 31.9 Å². The summed E-state index contributed by atoms with van der Waals surface area (Å²) in [7, 11) is 0. The van der Waals surface area contributed by atoms with E-state index in [-0.39, 0.29) is 0 Å². The number of hydrogen-bond donors (Lipinski definition) is 1. The van der Waals surface area contributed by atoms with Crippen LogP contribution < -0.4 is 5.32 Å². The van der Waals surface area contributed by atoms with Gasteiger partial charge in [-0.25, -0.2) is 0 Å². The maximum absolute atomic E-state index is 4.41. The van der Waals surface area contributed by atoms with E-state index in [1.54, 1.807) is 6.20 Å². The van der Waals surface area contributed by atoms with E-state index in [2.05, 4.69) is 33.7 Å². The van der Waals surface area contributed by atoms with Gasteiger partial charge in [0.2, 0.25) is 0 Å². The average Bonchev–Trinajstić information content (AvgIpc) is 2.93. The number of aryl methyl sites for hydroxylation is 2. The molecule has 0 fully saturated rings. The molecule has 2 aromatic heterocycles. The zero-order chi connectivity index (χ0) is 12.1. The SMILES string of the molecule is CCn1nc(C)cc1CNCCn1ccnn1. The van der Waals surface area contributed by atoms with Gasteiger partial charge in [0.1, 0.15) is 0 Å². The van der Waals surface area contributed by atoms with E-state index in [9.17, 15) is 0 Å². The lowest BCUT2D eigenvalue weighted by molar-refractivity contribution is 0.522. The van der Waals surface area contributed by atoms with Crippen molar-refractivity contribution in [1.82, 2.24) is 30.1 Å². The molecule has 0 unspecified atom stereocenters. The number of aromatic nitrogens is 5. The summed E-state index contributed by atoms with van der Waals surface area (Å²) in [6.45, 7) is 7.57. The lowest BCUT2D eigenvalue weighted by Gasteiger charge is -2.06. The van der Waals surface area contributed by atoms with Gasteiger partial charge in [-0.05, 0) is 19.9 Å². The largest absolute Gasteiger partial charge is 0.309 e. The molecule has 0 radical (unpaired) electrons. The lowest BCUT2D eigenvalue weighted by atomic mass is 10.3. The highest BCUT2D eigenvalue weighted by Crippen LogP contribution is 2.02. The third kappa shape index (κ3) is 3.13. The third-order valence-corrected chi connectivity index (χ3v) is 2.58. The first-order valence-corrected chi connectivity index (χ1v) is 5.87. The summed E-state index contributed by atoms with van der Waals surface area (Å²) < 4.78 is 3.84. The van der Waals surface area contributed by atoms with Gasteiger partial charge in [0.25, 0.3) is 0 Å². The summed E-state index contributed by atoms with van der Waals surface area (Å²) in [6, 6.07) is 2.12. The van der Waals surface area contributed by atoms with Gasteiger partial charge < -0.3 is 5.32 Å². The molecule has 6 nitrogen and oxygen atoms in total. The summed E-state index contributed by atoms with van der Waals surface area (Å²) in [5.74, 6) is 0. The van der Waals surface area contributed by atoms with Crippen LogP contribution in [0.15, 0.2) is 18.5 Å². The second-order valence-corrected chi connectivity index (χ2v) is 3.94. The fourth-order valence-electron chi connectivity index (χ4n) is 1.78. The van der Waals surface area contributed by atoms with E-state index < -0.39 is 0 Å². The minimum Gasteiger partial charge on any atom is -0.309 e. The third-order valence-electron chi connectivity index (χ3n) is 2.58. The molecule has 0 saturated carbocycles. The first-order chi connectivity index (χ1) is 8.29. The van der Waals surface area contributed by atoms with Crippen molar-refractivity contribution < 1.29 is 0 Å². The molecule has 1 N–H and O–H groups in total. The van der Waals surface area contributed by atoms with Gasteiger partial charge in [-0.3, -0.25) is 9.36 Å². The zero-order valence-corrected chi connectivity index (χ0v) is 10.3. The van der Waals surface area contributed by atoms with Crippen molar-refractivity contribution in [2.75, 3.05) is 6.54 Å². The molecule has 2 aromatic rings. The Hall–Kier alpha value is -1.69. The summed E-state index contributed by atoms with van der Waals surface area (Å²) in [5, 5.41) is 15.5. The first-order valence-electron chi connectivity index (χ1n) is 5.87. The Morgan fingerprint density at radius 2 is 2.29 bits per heavy atom. The molecule has 0 aliphatic rings. The predicted octanol–water partition coefficient (Wildman–Crippen LogP) is 0.593. The van der Waals surface area contributed by atoms with Crippen molar-refractivity contribution >= 4 is 0 Å². The molecule has 0 saturated heterocycles. The Morgan fingerprint density at radius 3 is 3.00 bits per heavy atom. The first kappa shape index (κ1) is 11.8. The molecule has 0 atom stereocenters. The topological polar surface area (TPSA) is 60.6 Å². The highest BCUT2D eigenvalue weighted by atomic mass is 15.4. The molecule has 2 heterocycles. The summed E-state index contributed by atoms with van der Waals surface area (Å²) in [4.78, 5) is 0. The fraction of sp³-hybridized carbons (Fsp3) is 0.545. The van der Waals surface area contributed by atoms with Gasteiger partial charge in [-0.1, -0.05) is 5.21 Å². The molecular weight excluding hydrogens is 216 g/mol. The number of nitrogens with zero attached hydrogens (tertiary/aromatic N) is 5. The molecule has 0 amide bonds. The van der Waals surface area contributed by atoms with Crippen LogP contribution in [0.1, 0.15) is 18.3 Å². The van der Waals surface area contributed by atoms with Crippen LogP contribution in [0.25, 0.3) is 0 Å². The number of hydrogen-bond acceptors (Lipinski definition) is 4. The maximum atomic E-state index is 4.41. The molecule has 6 heteroatoms. The Labute approximate surface area is 101 Å². The molecule has 92 valence electrons. The standard InChI is InChI=1S/C11H18N6/c1-3-17-11(8-10(2)14-17)9-12-4-6-16-7-5-13-15-16/h5,7-8,12H,3-4,6,9H2,1-2H3. The Morgan fingerprint density at radius 1 is 1.41 bits per heavy atom. The normalized spacial score (nSPS) is 10.9. The average molecular weight is 234 g/mol. The van der Waals surface area contributed by atoms with Crippen LogP contribution in [0, 0.1) is 6.92 Å². The van der Waals surface area contributed by atoms with Gasteiger partial charge in [0, 0.05) is 25.8 Å². The second kappa shape index (κ2) is 5.58. The van der Waals surface area contributed by atoms with Gasteiger partial charge in [-0.2, -0.15) is 5.10 Å². The molecule has 2 rings (SSSR count). The Kier molecular flexibility index (Phi) is 3.87. The molecule has 0 bridgehead atoms. The van der Waals surface area contributed by atoms with Crippen LogP contribution in [0.2, 0.25) is 0 Å². The van der Waals surface area contributed by atoms with Crippen molar-refractivity contribution in [1.29, 1.82) is 0 Å². The van der Waals surface area contributed by atoms with Crippen LogP contribution in [0.4, 0.5) is 0 Å². The minimum atomic E-state index is 0.833. The van der Waals surface area contributed by atoms with E-state index in [1.807, 2.05) is 22.5 Å². The van der Waals surface area contributed by atoms with E-state index in [0.29, 0.717) is 0 Å². The van der Waals surface area contributed by atoms with Gasteiger partial charge in [0.05, 0.1) is 24.1 Å². The summed E-state index contributed by atoms with van der Waals surface area (Å²) in [6.07, 6.45) is 3.55. The smallest absolute Gasteiger partial charge is 0.0692 e. The van der Waals surface area contributed by atoms with Crippen molar-refractivity contribution in [3.8, 4) is 0 Å². The fourth-order valence-corrected chi connectivity index (χ4v) is 1.78. The number of rotatable bonds is 6. The van der Waals surface area contributed by atoms with E-state index in [4.69, 9.17) is 0 Å². The molecule has 0 aromatic carbocycles. The quantitative estimate of drug-likeness (QED) is 0.743. The summed E-state index contributed by atoms with van der Waals surface area (Å²) in [5.41, 5.74) is 2.29. The maximum Gasteiger partial charge on any atom is 0.0692 e. The zero-order valence-electron chi connectivity index (χ0n) is 10.3. The molecule has 0 aliphatic carbocycles. The minimum absolute atomic E-state index is 0.833. The molecule has 0 spiro atoms. The van der Waals surface area contributed by atoms with Crippen LogP contribution in [0.5, 0.6) is 0 Å². The van der Waals surface area contributed by atoms with E-state index in [1.165, 1.54) is 5.69 Å². The lowest BCUT2D eigenvalue weighted by Crippen LogP contribution is -2.21. The molecular formula is C11H18N6. The second-order valence-electron chi connectivity index (χ2n) is 3.94. The highest BCUT2D eigenvalue weighted by molar-refractivity contribution is 5.08. The van der Waals surface area contributed by atoms with Crippen LogP contribution in [-0.4, -0.2) is 31.3 Å². The molecule has 0 aliphatic heterocycles. The van der Waals surface area contributed by atoms with Crippen LogP contribution in [0.3, 0.4) is 0 Å². The van der Waals surface area contributed by atoms with E-state index >= 15 is 0 Å². The Bertz CT molecular complexity index is 444. The predicted molar refractivity (Wildman–Crippen MR) is 64.4 cm³/mol. The van der Waals surface area contributed by atoms with Gasteiger partial charge in [-0.15, -0.1) is 5.10 Å². The van der Waals surface area contributed by atoms with Gasteiger partial charge in [0.15, 0.2) is 0 Å². The monoisotopic (exact) mass is 234 g/mol. The summed E-state index contributed by atoms with van der Waals surface area (Å²) >= 11 is 0. The van der Waals surface area contributed by atoms with Crippen LogP contribution in [-0.2, 0) is 19.6 Å². The van der Waals surface area contributed by atoms with Crippen LogP contribution >= 0.6 is 0 Å². The number of nitrogens with one attached hydrogen (secondary N) is 1. The van der Waals surface area contributed by atoms with Crippen molar-refractivity contribution in [3.05, 3.63) is 29.8 Å². The Balaban J connectivity index is 1.77. The van der Waals surface area contributed by atoms with Crippen molar-refractivity contribution in [3.63, 3.8) is 0 Å². The highest BCUT2D eigenvalue weighted by Gasteiger charge is 2.02. The van der Waals surface area contributed by atoms with Crippen molar-refractivity contribution in [2.45, 2.75) is 33.5 Å². The van der Waals surface area contributed by atoms with Gasteiger partial charge >= 0.3 is 0 Å².